The van der Waals surface area contributed by atoms with Crippen molar-refractivity contribution in [1.29, 1.82) is 0 Å². The molecule has 2 heterocycles. The second-order valence-electron chi connectivity index (χ2n) is 3.21. The van der Waals surface area contributed by atoms with E-state index in [1.54, 1.807) is 12.5 Å². The SMILES string of the molecule is O=C1CC(Br)CN1Cc1ccoc1. The maximum Gasteiger partial charge on any atom is 0.224 e. The van der Waals surface area contributed by atoms with E-state index in [2.05, 4.69) is 15.9 Å². The molecular weight excluding hydrogens is 234 g/mol. The van der Waals surface area contributed by atoms with Crippen LogP contribution in [0.3, 0.4) is 0 Å². The molecule has 70 valence electrons. The van der Waals surface area contributed by atoms with Crippen molar-refractivity contribution in [3.63, 3.8) is 0 Å². The molecule has 0 spiro atoms. The summed E-state index contributed by atoms with van der Waals surface area (Å²) in [4.78, 5) is 13.5. The van der Waals surface area contributed by atoms with Gasteiger partial charge in [-0.05, 0) is 6.07 Å². The number of halogens is 1. The average Bonchev–Trinajstić information content (AvgIpc) is 2.63. The minimum atomic E-state index is 0.211. The summed E-state index contributed by atoms with van der Waals surface area (Å²) in [7, 11) is 0. The number of amides is 1. The van der Waals surface area contributed by atoms with Crippen LogP contribution in [-0.4, -0.2) is 22.2 Å². The molecule has 0 aliphatic carbocycles. The fourth-order valence-electron chi connectivity index (χ4n) is 1.48. The molecule has 1 aromatic heterocycles. The highest BCUT2D eigenvalue weighted by molar-refractivity contribution is 9.09. The molecule has 1 aliphatic rings. The number of alkyl halides is 1. The van der Waals surface area contributed by atoms with Gasteiger partial charge < -0.3 is 9.32 Å². The van der Waals surface area contributed by atoms with Crippen molar-refractivity contribution in [2.45, 2.75) is 17.8 Å². The highest BCUT2D eigenvalue weighted by Crippen LogP contribution is 2.20. The van der Waals surface area contributed by atoms with E-state index in [0.29, 0.717) is 17.8 Å². The highest BCUT2D eigenvalue weighted by Gasteiger charge is 2.27. The van der Waals surface area contributed by atoms with Gasteiger partial charge in [0.2, 0.25) is 5.91 Å². The van der Waals surface area contributed by atoms with Gasteiger partial charge in [-0.3, -0.25) is 4.79 Å². The lowest BCUT2D eigenvalue weighted by molar-refractivity contribution is -0.128. The largest absolute Gasteiger partial charge is 0.472 e. The number of carbonyl (C=O) groups is 1. The standard InChI is InChI=1S/C9H10BrNO2/c10-8-3-9(12)11(5-8)4-7-1-2-13-6-7/h1-2,6,8H,3-5H2. The molecular formula is C9H10BrNO2. The van der Waals surface area contributed by atoms with Crippen molar-refractivity contribution in [3.8, 4) is 0 Å². The molecule has 1 unspecified atom stereocenters. The molecule has 1 aromatic rings. The molecule has 0 radical (unpaired) electrons. The van der Waals surface area contributed by atoms with E-state index in [9.17, 15) is 4.79 Å². The Morgan fingerprint density at radius 2 is 2.54 bits per heavy atom. The van der Waals surface area contributed by atoms with Gasteiger partial charge in [0.15, 0.2) is 0 Å². The van der Waals surface area contributed by atoms with Crippen LogP contribution in [0, 0.1) is 0 Å². The second kappa shape index (κ2) is 3.54. The van der Waals surface area contributed by atoms with Crippen LogP contribution >= 0.6 is 15.9 Å². The Morgan fingerprint density at radius 1 is 1.69 bits per heavy atom. The van der Waals surface area contributed by atoms with Gasteiger partial charge in [0.1, 0.15) is 0 Å². The molecule has 13 heavy (non-hydrogen) atoms. The Balaban J connectivity index is 1.99. The third-order valence-corrected chi connectivity index (χ3v) is 2.73. The van der Waals surface area contributed by atoms with E-state index < -0.39 is 0 Å². The molecule has 0 aromatic carbocycles. The van der Waals surface area contributed by atoms with Crippen molar-refractivity contribution in [2.75, 3.05) is 6.54 Å². The molecule has 4 heteroatoms. The molecule has 0 N–H and O–H groups in total. The predicted octanol–water partition coefficient (Wildman–Crippen LogP) is 1.78. The first-order valence-electron chi connectivity index (χ1n) is 4.18. The maximum atomic E-state index is 11.4. The third kappa shape index (κ3) is 1.94. The normalized spacial score (nSPS) is 22.7. The van der Waals surface area contributed by atoms with Gasteiger partial charge in [-0.1, -0.05) is 15.9 Å². The summed E-state index contributed by atoms with van der Waals surface area (Å²) in [5.74, 6) is 0.211. The second-order valence-corrected chi connectivity index (χ2v) is 4.50. The van der Waals surface area contributed by atoms with E-state index in [1.165, 1.54) is 0 Å². The van der Waals surface area contributed by atoms with E-state index in [0.717, 1.165) is 12.1 Å². The number of furan rings is 1. The molecule has 0 bridgehead atoms. The number of rotatable bonds is 2. The van der Waals surface area contributed by atoms with E-state index in [1.807, 2.05) is 11.0 Å². The van der Waals surface area contributed by atoms with Gasteiger partial charge in [0.05, 0.1) is 12.5 Å². The number of likely N-dealkylation sites (tertiary alicyclic amines) is 1. The summed E-state index contributed by atoms with van der Waals surface area (Å²) in [5, 5.41) is 0. The molecule has 1 atom stereocenters. The van der Waals surface area contributed by atoms with Crippen molar-refractivity contribution in [2.24, 2.45) is 0 Å². The Labute approximate surface area is 84.8 Å². The van der Waals surface area contributed by atoms with Gasteiger partial charge in [-0.25, -0.2) is 0 Å². The van der Waals surface area contributed by atoms with Crippen LogP contribution < -0.4 is 0 Å². The third-order valence-electron chi connectivity index (χ3n) is 2.12. The van der Waals surface area contributed by atoms with Gasteiger partial charge in [-0.15, -0.1) is 0 Å². The molecule has 1 saturated heterocycles. The van der Waals surface area contributed by atoms with Crippen LogP contribution in [0.15, 0.2) is 23.0 Å². The minimum absolute atomic E-state index is 0.211. The first-order valence-corrected chi connectivity index (χ1v) is 5.10. The van der Waals surface area contributed by atoms with Gasteiger partial charge in [0.25, 0.3) is 0 Å². The fourth-order valence-corrected chi connectivity index (χ4v) is 2.11. The zero-order valence-electron chi connectivity index (χ0n) is 7.07. The van der Waals surface area contributed by atoms with E-state index >= 15 is 0 Å². The average molecular weight is 244 g/mol. The van der Waals surface area contributed by atoms with Crippen LogP contribution in [0.2, 0.25) is 0 Å². The Morgan fingerprint density at radius 3 is 3.08 bits per heavy atom. The van der Waals surface area contributed by atoms with Crippen LogP contribution in [-0.2, 0) is 11.3 Å². The molecule has 0 saturated carbocycles. The molecule has 1 amide bonds. The zero-order chi connectivity index (χ0) is 9.26. The van der Waals surface area contributed by atoms with E-state index in [-0.39, 0.29) is 5.91 Å². The van der Waals surface area contributed by atoms with Gasteiger partial charge >= 0.3 is 0 Å². The van der Waals surface area contributed by atoms with Crippen molar-refractivity contribution < 1.29 is 9.21 Å². The summed E-state index contributed by atoms with van der Waals surface area (Å²) < 4.78 is 4.94. The number of carbonyl (C=O) groups excluding carboxylic acids is 1. The van der Waals surface area contributed by atoms with Crippen molar-refractivity contribution in [1.82, 2.24) is 4.90 Å². The molecule has 2 rings (SSSR count). The molecule has 1 aliphatic heterocycles. The molecule has 3 nitrogen and oxygen atoms in total. The number of hydrogen-bond donors (Lipinski definition) is 0. The summed E-state index contributed by atoms with van der Waals surface area (Å²) in [6.07, 6.45) is 3.91. The Bertz CT molecular complexity index is 297. The quantitative estimate of drug-likeness (QED) is 0.743. The van der Waals surface area contributed by atoms with Crippen LogP contribution in [0.5, 0.6) is 0 Å². The zero-order valence-corrected chi connectivity index (χ0v) is 8.66. The lowest BCUT2D eigenvalue weighted by atomic mass is 10.3. The smallest absolute Gasteiger partial charge is 0.224 e. The van der Waals surface area contributed by atoms with Crippen LogP contribution in [0.1, 0.15) is 12.0 Å². The summed E-state index contributed by atoms with van der Waals surface area (Å²) in [6, 6.07) is 1.88. The first-order chi connectivity index (χ1) is 6.25. The number of hydrogen-bond acceptors (Lipinski definition) is 2. The maximum absolute atomic E-state index is 11.4. The summed E-state index contributed by atoms with van der Waals surface area (Å²) in [5.41, 5.74) is 1.05. The lowest BCUT2D eigenvalue weighted by Crippen LogP contribution is -2.24. The topological polar surface area (TPSA) is 33.5 Å². The predicted molar refractivity (Wildman–Crippen MR) is 51.5 cm³/mol. The van der Waals surface area contributed by atoms with Gasteiger partial charge in [-0.2, -0.15) is 0 Å². The van der Waals surface area contributed by atoms with Crippen LogP contribution in [0.25, 0.3) is 0 Å². The minimum Gasteiger partial charge on any atom is -0.472 e. The lowest BCUT2D eigenvalue weighted by Gasteiger charge is -2.13. The van der Waals surface area contributed by atoms with Gasteiger partial charge in [0, 0.05) is 29.9 Å². The monoisotopic (exact) mass is 243 g/mol. The molecule has 1 fully saturated rings. The Kier molecular flexibility index (Phi) is 2.40. The number of nitrogens with zero attached hydrogens (tertiary/aromatic N) is 1. The highest BCUT2D eigenvalue weighted by atomic mass is 79.9. The van der Waals surface area contributed by atoms with Crippen LogP contribution in [0.4, 0.5) is 0 Å². The summed E-state index contributed by atoms with van der Waals surface area (Å²) >= 11 is 3.44. The Hall–Kier alpha value is -0.770. The van der Waals surface area contributed by atoms with Crippen molar-refractivity contribution in [3.05, 3.63) is 24.2 Å². The van der Waals surface area contributed by atoms with Crippen molar-refractivity contribution >= 4 is 21.8 Å². The summed E-state index contributed by atoms with van der Waals surface area (Å²) in [6.45, 7) is 1.46. The van der Waals surface area contributed by atoms with E-state index in [4.69, 9.17) is 4.42 Å². The first kappa shape index (κ1) is 8.81. The fraction of sp³-hybridized carbons (Fsp3) is 0.444.